The van der Waals surface area contributed by atoms with E-state index >= 15 is 0 Å². The van der Waals surface area contributed by atoms with Gasteiger partial charge < -0.3 is 0 Å². The van der Waals surface area contributed by atoms with Crippen LogP contribution in [0, 0.1) is 19.8 Å². The lowest BCUT2D eigenvalue weighted by Gasteiger charge is -2.08. The third-order valence-electron chi connectivity index (χ3n) is 2.49. The molecule has 82 valence electrons. The highest BCUT2D eigenvalue weighted by Gasteiger charge is 2.10. The van der Waals surface area contributed by atoms with Crippen LogP contribution in [0.3, 0.4) is 0 Å². The average Bonchev–Trinajstić information content (AvgIpc) is 2.18. The van der Waals surface area contributed by atoms with Gasteiger partial charge in [-0.05, 0) is 13.8 Å². The maximum Gasteiger partial charge on any atom is 0.256 e. The third kappa shape index (κ3) is 2.52. The number of aryl methyl sites for hydroxylation is 1. The van der Waals surface area contributed by atoms with Crippen LogP contribution in [0.4, 0.5) is 0 Å². The molecule has 4 nitrogen and oxygen atoms in total. The molecule has 0 aliphatic heterocycles. The Morgan fingerprint density at radius 2 is 2.07 bits per heavy atom. The first-order valence-electron chi connectivity index (χ1n) is 4.99. The van der Waals surface area contributed by atoms with E-state index in [0.29, 0.717) is 11.3 Å². The highest BCUT2D eigenvalue weighted by Crippen LogP contribution is 1.98. The zero-order valence-corrected chi connectivity index (χ0v) is 9.57. The Balaban J connectivity index is 3.03. The van der Waals surface area contributed by atoms with Crippen LogP contribution in [-0.2, 0) is 11.3 Å². The molecule has 0 N–H and O–H groups in total. The summed E-state index contributed by atoms with van der Waals surface area (Å²) in [5.41, 5.74) is 1.19. The Morgan fingerprint density at radius 1 is 1.47 bits per heavy atom. The van der Waals surface area contributed by atoms with Gasteiger partial charge in [-0.25, -0.2) is 4.98 Å². The second kappa shape index (κ2) is 4.38. The maximum absolute atomic E-state index is 11.7. The summed E-state index contributed by atoms with van der Waals surface area (Å²) in [7, 11) is 0. The van der Waals surface area contributed by atoms with Gasteiger partial charge in [0.25, 0.3) is 5.56 Å². The molecule has 0 saturated carbocycles. The first-order valence-corrected chi connectivity index (χ1v) is 4.99. The van der Waals surface area contributed by atoms with Crippen LogP contribution >= 0.6 is 0 Å². The largest absolute Gasteiger partial charge is 0.297 e. The monoisotopic (exact) mass is 208 g/mol. The van der Waals surface area contributed by atoms with Crippen molar-refractivity contribution in [2.75, 3.05) is 0 Å². The van der Waals surface area contributed by atoms with E-state index in [1.807, 2.05) is 13.8 Å². The second-order valence-corrected chi connectivity index (χ2v) is 4.01. The van der Waals surface area contributed by atoms with Crippen LogP contribution in [-0.4, -0.2) is 15.3 Å². The molecule has 0 aromatic carbocycles. The number of ketones is 1. The molecule has 0 fully saturated rings. The molecule has 1 aromatic heterocycles. The zero-order valence-electron chi connectivity index (χ0n) is 9.57. The Morgan fingerprint density at radius 3 is 2.60 bits per heavy atom. The fourth-order valence-electron chi connectivity index (χ4n) is 1.14. The highest BCUT2D eigenvalue weighted by molar-refractivity contribution is 5.80. The van der Waals surface area contributed by atoms with Gasteiger partial charge in [-0.3, -0.25) is 14.2 Å². The van der Waals surface area contributed by atoms with E-state index < -0.39 is 0 Å². The smallest absolute Gasteiger partial charge is 0.256 e. The second-order valence-electron chi connectivity index (χ2n) is 4.01. The van der Waals surface area contributed by atoms with Crippen molar-refractivity contribution in [1.29, 1.82) is 0 Å². The number of carbonyl (C=O) groups excluding carboxylic acids is 1. The van der Waals surface area contributed by atoms with Gasteiger partial charge in [0, 0.05) is 17.2 Å². The zero-order chi connectivity index (χ0) is 11.6. The van der Waals surface area contributed by atoms with Crippen molar-refractivity contribution in [3.05, 3.63) is 27.9 Å². The molecule has 0 unspecified atom stereocenters. The summed E-state index contributed by atoms with van der Waals surface area (Å²) < 4.78 is 1.37. The summed E-state index contributed by atoms with van der Waals surface area (Å²) in [4.78, 5) is 27.3. The lowest BCUT2D eigenvalue weighted by molar-refractivity contribution is -0.122. The molecule has 15 heavy (non-hydrogen) atoms. The molecule has 0 radical (unpaired) electrons. The van der Waals surface area contributed by atoms with Crippen molar-refractivity contribution < 1.29 is 4.79 Å². The molecule has 0 aliphatic rings. The van der Waals surface area contributed by atoms with E-state index in [9.17, 15) is 9.59 Å². The van der Waals surface area contributed by atoms with Gasteiger partial charge in [0.1, 0.15) is 0 Å². The Labute approximate surface area is 89.0 Å². The quantitative estimate of drug-likeness (QED) is 0.747. The minimum atomic E-state index is -0.128. The summed E-state index contributed by atoms with van der Waals surface area (Å²) >= 11 is 0. The number of rotatable bonds is 3. The Hall–Kier alpha value is -1.45. The molecule has 1 rings (SSSR count). The predicted molar refractivity (Wildman–Crippen MR) is 57.8 cm³/mol. The summed E-state index contributed by atoms with van der Waals surface area (Å²) in [6, 6.07) is 0. The molecule has 1 heterocycles. The van der Waals surface area contributed by atoms with Crippen LogP contribution < -0.4 is 5.56 Å². The van der Waals surface area contributed by atoms with E-state index in [2.05, 4.69) is 4.98 Å². The van der Waals surface area contributed by atoms with Gasteiger partial charge in [0.05, 0.1) is 12.9 Å². The minimum Gasteiger partial charge on any atom is -0.297 e. The number of hydrogen-bond acceptors (Lipinski definition) is 3. The van der Waals surface area contributed by atoms with Crippen molar-refractivity contribution in [1.82, 2.24) is 9.55 Å². The molecule has 1 aromatic rings. The van der Waals surface area contributed by atoms with Gasteiger partial charge in [-0.15, -0.1) is 0 Å². The molecule has 0 amide bonds. The van der Waals surface area contributed by atoms with Crippen LogP contribution in [0.1, 0.15) is 25.1 Å². The predicted octanol–water partition coefficient (Wildman–Crippen LogP) is 1.09. The summed E-state index contributed by atoms with van der Waals surface area (Å²) in [6.45, 7) is 7.26. The highest BCUT2D eigenvalue weighted by atomic mass is 16.1. The number of carbonyl (C=O) groups is 1. The van der Waals surface area contributed by atoms with Crippen molar-refractivity contribution in [3.8, 4) is 0 Å². The summed E-state index contributed by atoms with van der Waals surface area (Å²) in [5.74, 6) is -0.0133. The van der Waals surface area contributed by atoms with Gasteiger partial charge in [0.15, 0.2) is 5.78 Å². The first-order chi connectivity index (χ1) is 6.93. The topological polar surface area (TPSA) is 52.0 Å². The van der Waals surface area contributed by atoms with E-state index in [-0.39, 0.29) is 23.8 Å². The maximum atomic E-state index is 11.7. The normalized spacial score (nSPS) is 10.7. The Bertz CT molecular complexity index is 433. The van der Waals surface area contributed by atoms with Gasteiger partial charge in [-0.2, -0.15) is 0 Å². The van der Waals surface area contributed by atoms with Crippen LogP contribution in [0.5, 0.6) is 0 Å². The number of nitrogens with zero attached hydrogens (tertiary/aromatic N) is 2. The van der Waals surface area contributed by atoms with E-state index in [1.54, 1.807) is 13.8 Å². The van der Waals surface area contributed by atoms with E-state index in [0.717, 1.165) is 0 Å². The van der Waals surface area contributed by atoms with Gasteiger partial charge >= 0.3 is 0 Å². The molecule has 0 saturated heterocycles. The number of aromatic nitrogens is 2. The molecular formula is C11H16N2O2. The van der Waals surface area contributed by atoms with Gasteiger partial charge in [-0.1, -0.05) is 13.8 Å². The van der Waals surface area contributed by atoms with Crippen LogP contribution in [0.15, 0.2) is 11.1 Å². The van der Waals surface area contributed by atoms with E-state index in [4.69, 9.17) is 0 Å². The van der Waals surface area contributed by atoms with Crippen molar-refractivity contribution in [2.24, 2.45) is 5.92 Å². The van der Waals surface area contributed by atoms with E-state index in [1.165, 1.54) is 10.9 Å². The molecule has 0 bridgehead atoms. The summed E-state index contributed by atoms with van der Waals surface area (Å²) in [6.07, 6.45) is 1.44. The third-order valence-corrected chi connectivity index (χ3v) is 2.49. The van der Waals surface area contributed by atoms with Gasteiger partial charge in [0.2, 0.25) is 0 Å². The minimum absolute atomic E-state index is 0.0437. The Kier molecular flexibility index (Phi) is 3.39. The van der Waals surface area contributed by atoms with Crippen molar-refractivity contribution in [3.63, 3.8) is 0 Å². The molecule has 0 aliphatic carbocycles. The lowest BCUT2D eigenvalue weighted by Crippen LogP contribution is -2.28. The van der Waals surface area contributed by atoms with Crippen LogP contribution in [0.2, 0.25) is 0 Å². The fourth-order valence-corrected chi connectivity index (χ4v) is 1.14. The van der Waals surface area contributed by atoms with Crippen molar-refractivity contribution in [2.45, 2.75) is 34.2 Å². The number of hydrogen-bond donors (Lipinski definition) is 0. The van der Waals surface area contributed by atoms with Crippen LogP contribution in [0.25, 0.3) is 0 Å². The molecule has 4 heteroatoms. The molecule has 0 spiro atoms. The standard InChI is InChI=1S/C11H16N2O2/c1-7(2)10(14)5-13-6-12-9(4)8(3)11(13)15/h6-7H,5H2,1-4H3. The summed E-state index contributed by atoms with van der Waals surface area (Å²) in [5, 5.41) is 0. The number of Topliss-reactive ketones (excluding diaryl/α,β-unsaturated/α-hetero) is 1. The average molecular weight is 208 g/mol. The van der Waals surface area contributed by atoms with Crippen molar-refractivity contribution >= 4 is 5.78 Å². The molecular weight excluding hydrogens is 192 g/mol. The first kappa shape index (κ1) is 11.6. The lowest BCUT2D eigenvalue weighted by atomic mass is 10.1. The molecule has 0 atom stereocenters. The fraction of sp³-hybridized carbons (Fsp3) is 0.545. The SMILES string of the molecule is Cc1ncn(CC(=O)C(C)C)c(=O)c1C.